The predicted octanol–water partition coefficient (Wildman–Crippen LogP) is 0.476. The van der Waals surface area contributed by atoms with Gasteiger partial charge in [-0.15, -0.1) is 0 Å². The lowest BCUT2D eigenvalue weighted by Crippen LogP contribution is -2.45. The van der Waals surface area contributed by atoms with E-state index in [1.165, 1.54) is 0 Å². The maximum Gasteiger partial charge on any atom is 0.265 e. The second-order valence-corrected chi connectivity index (χ2v) is 2.64. The molecular weight excluding hydrogens is 166 g/mol. The zero-order valence-corrected chi connectivity index (χ0v) is 6.54. The SMILES string of the molecule is N#CCN1CCOC(C(F)F)C1. The minimum absolute atomic E-state index is 0.158. The van der Waals surface area contributed by atoms with Crippen molar-refractivity contribution in [3.05, 3.63) is 0 Å². The van der Waals surface area contributed by atoms with Crippen LogP contribution in [-0.2, 0) is 4.74 Å². The lowest BCUT2D eigenvalue weighted by molar-refractivity contribution is -0.0995. The monoisotopic (exact) mass is 176 g/mol. The average Bonchev–Trinajstić information content (AvgIpc) is 2.05. The quantitative estimate of drug-likeness (QED) is 0.574. The molecule has 1 aliphatic rings. The molecule has 1 rings (SSSR count). The topological polar surface area (TPSA) is 36.3 Å². The molecule has 68 valence electrons. The number of rotatable bonds is 2. The first kappa shape index (κ1) is 9.36. The van der Waals surface area contributed by atoms with Crippen molar-refractivity contribution in [3.63, 3.8) is 0 Å². The third-order valence-corrected chi connectivity index (χ3v) is 1.75. The molecule has 0 spiro atoms. The molecule has 1 fully saturated rings. The molecule has 1 saturated heterocycles. The van der Waals surface area contributed by atoms with Gasteiger partial charge in [-0.2, -0.15) is 5.26 Å². The van der Waals surface area contributed by atoms with Crippen molar-refractivity contribution in [1.82, 2.24) is 4.90 Å². The van der Waals surface area contributed by atoms with Gasteiger partial charge in [-0.3, -0.25) is 4.90 Å². The highest BCUT2D eigenvalue weighted by Gasteiger charge is 2.27. The summed E-state index contributed by atoms with van der Waals surface area (Å²) in [7, 11) is 0. The number of morpholine rings is 1. The highest BCUT2D eigenvalue weighted by atomic mass is 19.3. The van der Waals surface area contributed by atoms with Crippen LogP contribution in [0.5, 0.6) is 0 Å². The van der Waals surface area contributed by atoms with E-state index >= 15 is 0 Å². The standard InChI is InChI=1S/C7H10F2N2O/c8-7(9)6-5-11(2-1-10)3-4-12-6/h6-7H,2-5H2. The fourth-order valence-corrected chi connectivity index (χ4v) is 1.13. The van der Waals surface area contributed by atoms with Gasteiger partial charge in [0.05, 0.1) is 19.2 Å². The minimum atomic E-state index is -2.45. The Bertz CT molecular complexity index is 181. The normalized spacial score (nSPS) is 25.7. The van der Waals surface area contributed by atoms with E-state index in [1.807, 2.05) is 6.07 Å². The van der Waals surface area contributed by atoms with Crippen LogP contribution in [-0.4, -0.2) is 43.7 Å². The second-order valence-electron chi connectivity index (χ2n) is 2.64. The molecule has 1 aliphatic heterocycles. The molecule has 1 atom stereocenters. The summed E-state index contributed by atoms with van der Waals surface area (Å²) in [5, 5.41) is 8.32. The van der Waals surface area contributed by atoms with Crippen LogP contribution in [0, 0.1) is 11.3 Å². The fraction of sp³-hybridized carbons (Fsp3) is 0.857. The lowest BCUT2D eigenvalue weighted by Gasteiger charge is -2.30. The van der Waals surface area contributed by atoms with Crippen LogP contribution in [0.15, 0.2) is 0 Å². The molecule has 5 heteroatoms. The van der Waals surface area contributed by atoms with E-state index in [0.717, 1.165) is 0 Å². The van der Waals surface area contributed by atoms with Crippen molar-refractivity contribution in [2.45, 2.75) is 12.5 Å². The molecule has 12 heavy (non-hydrogen) atoms. The summed E-state index contributed by atoms with van der Waals surface area (Å²) >= 11 is 0. The molecular formula is C7H10F2N2O. The maximum absolute atomic E-state index is 12.1. The number of nitrogens with zero attached hydrogens (tertiary/aromatic N) is 2. The van der Waals surface area contributed by atoms with Crippen LogP contribution in [0.1, 0.15) is 0 Å². The first-order valence-corrected chi connectivity index (χ1v) is 3.73. The number of halogens is 2. The molecule has 1 unspecified atom stereocenters. The Morgan fingerprint density at radius 1 is 1.67 bits per heavy atom. The van der Waals surface area contributed by atoms with Gasteiger partial charge in [0, 0.05) is 13.1 Å². The molecule has 3 nitrogen and oxygen atoms in total. The summed E-state index contributed by atoms with van der Waals surface area (Å²) in [4.78, 5) is 1.67. The van der Waals surface area contributed by atoms with E-state index in [4.69, 9.17) is 10.00 Å². The Hall–Kier alpha value is -0.730. The molecule has 0 amide bonds. The molecule has 0 aromatic rings. The van der Waals surface area contributed by atoms with Crippen LogP contribution in [0.2, 0.25) is 0 Å². The van der Waals surface area contributed by atoms with Crippen LogP contribution in [0.3, 0.4) is 0 Å². The maximum atomic E-state index is 12.1. The third kappa shape index (κ3) is 2.40. The van der Waals surface area contributed by atoms with E-state index in [-0.39, 0.29) is 19.7 Å². The Labute approximate surface area is 69.5 Å². The van der Waals surface area contributed by atoms with Crippen molar-refractivity contribution >= 4 is 0 Å². The van der Waals surface area contributed by atoms with E-state index in [2.05, 4.69) is 0 Å². The first-order valence-electron chi connectivity index (χ1n) is 3.73. The number of hydrogen-bond acceptors (Lipinski definition) is 3. The first-order chi connectivity index (χ1) is 5.74. The average molecular weight is 176 g/mol. The Balaban J connectivity index is 2.36. The molecule has 0 aliphatic carbocycles. The van der Waals surface area contributed by atoms with Gasteiger partial charge in [0.15, 0.2) is 0 Å². The van der Waals surface area contributed by atoms with Crippen molar-refractivity contribution < 1.29 is 13.5 Å². The zero-order chi connectivity index (χ0) is 8.97. The third-order valence-electron chi connectivity index (χ3n) is 1.75. The van der Waals surface area contributed by atoms with Gasteiger partial charge in [0.25, 0.3) is 6.43 Å². The number of alkyl halides is 2. The summed E-state index contributed by atoms with van der Waals surface area (Å²) in [6.45, 7) is 1.21. The van der Waals surface area contributed by atoms with Crippen LogP contribution < -0.4 is 0 Å². The summed E-state index contributed by atoms with van der Waals surface area (Å²) in [6, 6.07) is 1.92. The van der Waals surface area contributed by atoms with E-state index in [0.29, 0.717) is 6.54 Å². The number of nitriles is 1. The predicted molar refractivity (Wildman–Crippen MR) is 37.8 cm³/mol. The van der Waals surface area contributed by atoms with Gasteiger partial charge in [-0.1, -0.05) is 0 Å². The molecule has 0 bridgehead atoms. The van der Waals surface area contributed by atoms with Crippen molar-refractivity contribution in [3.8, 4) is 6.07 Å². The van der Waals surface area contributed by atoms with Gasteiger partial charge in [-0.05, 0) is 0 Å². The summed E-state index contributed by atoms with van der Waals surface area (Å²) in [5.41, 5.74) is 0. The van der Waals surface area contributed by atoms with E-state index in [1.54, 1.807) is 4.90 Å². The van der Waals surface area contributed by atoms with Gasteiger partial charge in [0.1, 0.15) is 6.10 Å². The number of ether oxygens (including phenoxy) is 1. The van der Waals surface area contributed by atoms with Crippen molar-refractivity contribution in [2.24, 2.45) is 0 Å². The van der Waals surface area contributed by atoms with Gasteiger partial charge in [0.2, 0.25) is 0 Å². The molecule has 0 aromatic carbocycles. The Kier molecular flexibility index (Phi) is 3.38. The molecule has 0 saturated carbocycles. The summed E-state index contributed by atoms with van der Waals surface area (Å²) < 4.78 is 29.0. The fourth-order valence-electron chi connectivity index (χ4n) is 1.13. The molecule has 0 aromatic heterocycles. The summed E-state index contributed by atoms with van der Waals surface area (Å²) in [5.74, 6) is 0. The van der Waals surface area contributed by atoms with Gasteiger partial charge < -0.3 is 4.74 Å². The molecule has 0 radical (unpaired) electrons. The van der Waals surface area contributed by atoms with E-state index in [9.17, 15) is 8.78 Å². The Morgan fingerprint density at radius 2 is 2.42 bits per heavy atom. The Morgan fingerprint density at radius 3 is 3.00 bits per heavy atom. The van der Waals surface area contributed by atoms with Crippen LogP contribution >= 0.6 is 0 Å². The highest BCUT2D eigenvalue weighted by Crippen LogP contribution is 2.11. The summed E-state index contributed by atoms with van der Waals surface area (Å²) in [6.07, 6.45) is -3.47. The largest absolute Gasteiger partial charge is 0.370 e. The zero-order valence-electron chi connectivity index (χ0n) is 6.54. The highest BCUT2D eigenvalue weighted by molar-refractivity contribution is 4.81. The molecule has 0 N–H and O–H groups in total. The van der Waals surface area contributed by atoms with Crippen LogP contribution in [0.4, 0.5) is 8.78 Å². The van der Waals surface area contributed by atoms with Gasteiger partial charge >= 0.3 is 0 Å². The van der Waals surface area contributed by atoms with E-state index < -0.39 is 12.5 Å². The smallest absolute Gasteiger partial charge is 0.265 e. The second kappa shape index (κ2) is 4.33. The van der Waals surface area contributed by atoms with Crippen molar-refractivity contribution in [2.75, 3.05) is 26.2 Å². The van der Waals surface area contributed by atoms with Crippen molar-refractivity contribution in [1.29, 1.82) is 5.26 Å². The molecule has 1 heterocycles. The van der Waals surface area contributed by atoms with Gasteiger partial charge in [-0.25, -0.2) is 8.78 Å². The van der Waals surface area contributed by atoms with Crippen LogP contribution in [0.25, 0.3) is 0 Å². The lowest BCUT2D eigenvalue weighted by atomic mass is 10.3. The number of hydrogen-bond donors (Lipinski definition) is 0. The minimum Gasteiger partial charge on any atom is -0.370 e.